The minimum Gasteiger partial charge on any atom is -0.493 e. The van der Waals surface area contributed by atoms with E-state index < -0.39 is 30.8 Å². The van der Waals surface area contributed by atoms with Crippen LogP contribution < -0.4 is 9.47 Å². The van der Waals surface area contributed by atoms with E-state index in [2.05, 4.69) is 9.72 Å². The van der Waals surface area contributed by atoms with Gasteiger partial charge in [0.1, 0.15) is 11.6 Å². The first-order chi connectivity index (χ1) is 15.7. The van der Waals surface area contributed by atoms with Crippen molar-refractivity contribution in [2.75, 3.05) is 33.9 Å². The fraction of sp³-hybridized carbons (Fsp3) is 0.476. The molecule has 1 aromatic heterocycles. The standard InChI is InChI=1S/C21H23F3N2O6S/c1-29-16-5-3-4-15(17(16)30-2)18-25-14(11-33-18)10-31-19(27)13-6-8-26(9-7-13)20(28)32-12-21(22,23)24/h3-5,11,13H,6-10,12H2,1-2H3. The van der Waals surface area contributed by atoms with E-state index >= 15 is 0 Å². The van der Waals surface area contributed by atoms with Gasteiger partial charge in [0.25, 0.3) is 0 Å². The molecule has 0 radical (unpaired) electrons. The molecule has 0 bridgehead atoms. The number of hydrogen-bond acceptors (Lipinski definition) is 8. The first kappa shape index (κ1) is 24.6. The minimum absolute atomic E-state index is 0.0184. The molecule has 1 aliphatic heterocycles. The molecule has 1 aromatic carbocycles. The van der Waals surface area contributed by atoms with Crippen molar-refractivity contribution in [3.63, 3.8) is 0 Å². The SMILES string of the molecule is COc1cccc(-c2nc(COC(=O)C3CCN(C(=O)OCC(F)(F)F)CC3)cs2)c1OC. The van der Waals surface area contributed by atoms with Crippen molar-refractivity contribution in [1.29, 1.82) is 0 Å². The van der Waals surface area contributed by atoms with Crippen LogP contribution in [-0.2, 0) is 20.9 Å². The second-order valence-electron chi connectivity index (χ2n) is 7.22. The quantitative estimate of drug-likeness (QED) is 0.538. The molecule has 0 spiro atoms. The maximum absolute atomic E-state index is 12.4. The fourth-order valence-corrected chi connectivity index (χ4v) is 4.17. The smallest absolute Gasteiger partial charge is 0.422 e. The number of rotatable bonds is 7. The molecule has 1 saturated heterocycles. The van der Waals surface area contributed by atoms with Gasteiger partial charge in [-0.2, -0.15) is 13.2 Å². The number of hydrogen-bond donors (Lipinski definition) is 0. The number of piperidine rings is 1. The van der Waals surface area contributed by atoms with Gasteiger partial charge < -0.3 is 23.8 Å². The number of nitrogens with zero attached hydrogens (tertiary/aromatic N) is 2. The summed E-state index contributed by atoms with van der Waals surface area (Å²) in [6.07, 6.45) is -5.06. The molecule has 3 rings (SSSR count). The molecule has 180 valence electrons. The highest BCUT2D eigenvalue weighted by Crippen LogP contribution is 2.39. The van der Waals surface area contributed by atoms with Crippen LogP contribution in [0.5, 0.6) is 11.5 Å². The Morgan fingerprint density at radius 3 is 2.52 bits per heavy atom. The van der Waals surface area contributed by atoms with Gasteiger partial charge in [-0.25, -0.2) is 9.78 Å². The average molecular weight is 488 g/mol. The molecule has 2 aromatic rings. The summed E-state index contributed by atoms with van der Waals surface area (Å²) in [6.45, 7) is -1.42. The molecule has 33 heavy (non-hydrogen) atoms. The number of esters is 1. The third-order valence-electron chi connectivity index (χ3n) is 4.99. The number of aromatic nitrogens is 1. The Bertz CT molecular complexity index is 973. The molecule has 12 heteroatoms. The molecule has 0 saturated carbocycles. The number of para-hydroxylation sites is 1. The van der Waals surface area contributed by atoms with Gasteiger partial charge in [0.15, 0.2) is 18.1 Å². The molecular formula is C21H23F3N2O6S. The summed E-state index contributed by atoms with van der Waals surface area (Å²) >= 11 is 1.37. The predicted molar refractivity (Wildman–Crippen MR) is 112 cm³/mol. The number of likely N-dealkylation sites (tertiary alicyclic amines) is 1. The van der Waals surface area contributed by atoms with E-state index in [1.807, 2.05) is 12.1 Å². The van der Waals surface area contributed by atoms with E-state index in [0.29, 0.717) is 22.2 Å². The highest BCUT2D eigenvalue weighted by Gasteiger charge is 2.33. The predicted octanol–water partition coefficient (Wildman–Crippen LogP) is 4.28. The van der Waals surface area contributed by atoms with Crippen LogP contribution in [0.15, 0.2) is 23.6 Å². The molecule has 1 aliphatic rings. The van der Waals surface area contributed by atoms with Gasteiger partial charge in [0.05, 0.1) is 31.4 Å². The van der Waals surface area contributed by atoms with Crippen molar-refractivity contribution in [3.05, 3.63) is 29.3 Å². The second kappa shape index (κ2) is 10.7. The van der Waals surface area contributed by atoms with Gasteiger partial charge in [-0.1, -0.05) is 6.07 Å². The topological polar surface area (TPSA) is 87.2 Å². The van der Waals surface area contributed by atoms with Crippen molar-refractivity contribution in [2.45, 2.75) is 25.6 Å². The summed E-state index contributed by atoms with van der Waals surface area (Å²) in [6, 6.07) is 5.45. The number of ether oxygens (including phenoxy) is 4. The lowest BCUT2D eigenvalue weighted by Crippen LogP contribution is -2.41. The highest BCUT2D eigenvalue weighted by atomic mass is 32.1. The van der Waals surface area contributed by atoms with Gasteiger partial charge in [0.2, 0.25) is 0 Å². The number of alkyl halides is 3. The number of thiazole rings is 1. The Hall–Kier alpha value is -3.02. The van der Waals surface area contributed by atoms with Crippen LogP contribution in [0.4, 0.5) is 18.0 Å². The maximum atomic E-state index is 12.4. The molecule has 1 amide bonds. The molecule has 8 nitrogen and oxygen atoms in total. The van der Waals surface area contributed by atoms with E-state index in [0.717, 1.165) is 10.5 Å². The largest absolute Gasteiger partial charge is 0.493 e. The van der Waals surface area contributed by atoms with Crippen LogP contribution in [0.3, 0.4) is 0 Å². The van der Waals surface area contributed by atoms with E-state index in [9.17, 15) is 22.8 Å². The number of benzene rings is 1. The van der Waals surface area contributed by atoms with Gasteiger partial charge in [-0.3, -0.25) is 4.79 Å². The number of amides is 1. The number of methoxy groups -OCH3 is 2. The van der Waals surface area contributed by atoms with Crippen molar-refractivity contribution < 1.29 is 41.7 Å². The molecule has 0 aliphatic carbocycles. The zero-order valence-corrected chi connectivity index (χ0v) is 18.8. The van der Waals surface area contributed by atoms with Crippen molar-refractivity contribution in [1.82, 2.24) is 9.88 Å². The first-order valence-electron chi connectivity index (χ1n) is 10.0. The van der Waals surface area contributed by atoms with Crippen molar-refractivity contribution >= 4 is 23.4 Å². The molecule has 0 unspecified atom stereocenters. The summed E-state index contributed by atoms with van der Waals surface area (Å²) in [5.74, 6) is 0.241. The van der Waals surface area contributed by atoms with Crippen LogP contribution in [0.25, 0.3) is 10.6 Å². The summed E-state index contributed by atoms with van der Waals surface area (Å²) < 4.78 is 56.9. The van der Waals surface area contributed by atoms with Gasteiger partial charge in [-0.15, -0.1) is 11.3 Å². The first-order valence-corrected chi connectivity index (χ1v) is 10.9. The number of carbonyl (C=O) groups excluding carboxylic acids is 2. The molecule has 0 N–H and O–H groups in total. The lowest BCUT2D eigenvalue weighted by molar-refractivity contribution is -0.163. The summed E-state index contributed by atoms with van der Waals surface area (Å²) in [5, 5.41) is 2.46. The molecule has 0 atom stereocenters. The van der Waals surface area contributed by atoms with Crippen molar-refractivity contribution in [2.24, 2.45) is 5.92 Å². The maximum Gasteiger partial charge on any atom is 0.422 e. The van der Waals surface area contributed by atoms with Crippen LogP contribution in [-0.4, -0.2) is 62.0 Å². The number of carbonyl (C=O) groups is 2. The normalized spacial score (nSPS) is 14.6. The van der Waals surface area contributed by atoms with E-state index in [4.69, 9.17) is 14.2 Å². The van der Waals surface area contributed by atoms with Crippen molar-refractivity contribution in [3.8, 4) is 22.1 Å². The zero-order chi connectivity index (χ0) is 24.0. The third-order valence-corrected chi connectivity index (χ3v) is 5.92. The monoisotopic (exact) mass is 488 g/mol. The summed E-state index contributed by atoms with van der Waals surface area (Å²) in [5.41, 5.74) is 1.32. The van der Waals surface area contributed by atoms with Crippen LogP contribution >= 0.6 is 11.3 Å². The summed E-state index contributed by atoms with van der Waals surface area (Å²) in [7, 11) is 3.09. The van der Waals surface area contributed by atoms with Crippen LogP contribution in [0, 0.1) is 5.92 Å². The van der Waals surface area contributed by atoms with Gasteiger partial charge >= 0.3 is 18.2 Å². The lowest BCUT2D eigenvalue weighted by Gasteiger charge is -2.30. The highest BCUT2D eigenvalue weighted by molar-refractivity contribution is 7.13. The Balaban J connectivity index is 1.50. The van der Waals surface area contributed by atoms with Gasteiger partial charge in [-0.05, 0) is 25.0 Å². The Kier molecular flexibility index (Phi) is 8.01. The Morgan fingerprint density at radius 1 is 1.15 bits per heavy atom. The van der Waals surface area contributed by atoms with E-state index in [-0.39, 0.29) is 32.5 Å². The fourth-order valence-electron chi connectivity index (χ4n) is 3.35. The van der Waals surface area contributed by atoms with Gasteiger partial charge in [0, 0.05) is 18.5 Å². The summed E-state index contributed by atoms with van der Waals surface area (Å²) in [4.78, 5) is 29.8. The molecule has 1 fully saturated rings. The lowest BCUT2D eigenvalue weighted by atomic mass is 9.97. The Morgan fingerprint density at radius 2 is 1.88 bits per heavy atom. The zero-order valence-electron chi connectivity index (χ0n) is 18.0. The number of halogens is 3. The van der Waals surface area contributed by atoms with Crippen LogP contribution in [0.2, 0.25) is 0 Å². The van der Waals surface area contributed by atoms with E-state index in [1.165, 1.54) is 11.3 Å². The third kappa shape index (κ3) is 6.50. The second-order valence-corrected chi connectivity index (χ2v) is 8.08. The minimum atomic E-state index is -4.58. The van der Waals surface area contributed by atoms with Crippen LogP contribution in [0.1, 0.15) is 18.5 Å². The Labute approximate surface area is 192 Å². The van der Waals surface area contributed by atoms with E-state index in [1.54, 1.807) is 25.7 Å². The average Bonchev–Trinajstić information content (AvgIpc) is 3.28. The molecular weight excluding hydrogens is 465 g/mol. The molecule has 2 heterocycles.